The number of aromatic nitrogens is 2. The fourth-order valence-electron chi connectivity index (χ4n) is 5.26. The van der Waals surface area contributed by atoms with Crippen molar-refractivity contribution < 1.29 is 22.8 Å². The van der Waals surface area contributed by atoms with Crippen LogP contribution in [0.25, 0.3) is 0 Å². The third-order valence-electron chi connectivity index (χ3n) is 7.14. The molecule has 0 radical (unpaired) electrons. The van der Waals surface area contributed by atoms with Crippen LogP contribution in [0.15, 0.2) is 36.7 Å². The summed E-state index contributed by atoms with van der Waals surface area (Å²) in [5.41, 5.74) is 4.57. The summed E-state index contributed by atoms with van der Waals surface area (Å²) >= 11 is 0. The van der Waals surface area contributed by atoms with Crippen LogP contribution in [0.2, 0.25) is 0 Å². The number of primary amides is 1. The number of nitrogens with two attached hydrogens (primary N) is 1. The lowest BCUT2D eigenvalue weighted by molar-refractivity contribution is -0.137. The van der Waals surface area contributed by atoms with Gasteiger partial charge in [0.25, 0.3) is 0 Å². The number of hydrogen-bond acceptors (Lipinski definition) is 5. The Kier molecular flexibility index (Phi) is 7.00. The van der Waals surface area contributed by atoms with E-state index in [0.717, 1.165) is 12.1 Å². The number of piperidine rings is 1. The van der Waals surface area contributed by atoms with Gasteiger partial charge in [-0.25, -0.2) is 0 Å². The van der Waals surface area contributed by atoms with Crippen LogP contribution < -0.4 is 10.6 Å². The lowest BCUT2D eigenvalue weighted by Gasteiger charge is -2.36. The van der Waals surface area contributed by atoms with Crippen molar-refractivity contribution >= 4 is 17.5 Å². The molecule has 4 rings (SSSR count). The fraction of sp³-hybridized carbons (Fsp3) is 0.500. The van der Waals surface area contributed by atoms with E-state index in [1.165, 1.54) is 6.07 Å². The van der Waals surface area contributed by atoms with Crippen LogP contribution in [-0.4, -0.2) is 52.7 Å². The quantitative estimate of drug-likeness (QED) is 0.673. The van der Waals surface area contributed by atoms with Gasteiger partial charge in [-0.15, -0.1) is 0 Å². The molecule has 2 fully saturated rings. The van der Waals surface area contributed by atoms with Crippen molar-refractivity contribution in [3.63, 3.8) is 0 Å². The number of anilines is 1. The van der Waals surface area contributed by atoms with Gasteiger partial charge in [0.15, 0.2) is 0 Å². The molecule has 8 nitrogen and oxygen atoms in total. The van der Waals surface area contributed by atoms with Gasteiger partial charge in [-0.1, -0.05) is 0 Å². The molecule has 2 saturated heterocycles. The topological polar surface area (TPSA) is 108 Å². The molecule has 11 heteroatoms. The highest BCUT2D eigenvalue weighted by Gasteiger charge is 2.43. The highest BCUT2D eigenvalue weighted by atomic mass is 19.4. The standard InChI is InChI=1S/C24H27F3N6O2/c25-24(26,27)21-12-18(3-2-17(21)13-28)32-14-19(20(15-32)23(29)35)16-4-9-31(10-5-16)22(34)6-11-33-8-1-7-30-33/h1-3,7-8,12,16,19-20H,4-6,9-11,14-15H2,(H2,29,35). The third kappa shape index (κ3) is 5.42. The first-order valence-corrected chi connectivity index (χ1v) is 11.6. The molecule has 2 aliphatic heterocycles. The average molecular weight is 489 g/mol. The van der Waals surface area contributed by atoms with Gasteiger partial charge in [-0.2, -0.15) is 23.5 Å². The minimum atomic E-state index is -4.65. The number of nitrogens with zero attached hydrogens (tertiary/aromatic N) is 5. The fourth-order valence-corrected chi connectivity index (χ4v) is 5.26. The summed E-state index contributed by atoms with van der Waals surface area (Å²) in [4.78, 5) is 28.4. The monoisotopic (exact) mass is 488 g/mol. The first-order chi connectivity index (χ1) is 16.7. The van der Waals surface area contributed by atoms with E-state index in [0.29, 0.717) is 51.1 Å². The lowest BCUT2D eigenvalue weighted by atomic mass is 9.78. The second-order valence-electron chi connectivity index (χ2n) is 9.15. The first kappa shape index (κ1) is 24.6. The van der Waals surface area contributed by atoms with E-state index in [1.54, 1.807) is 34.1 Å². The molecule has 186 valence electrons. The SMILES string of the molecule is N#Cc1ccc(N2CC(C(N)=O)C(C3CCN(C(=O)CCn4cccn4)CC3)C2)cc1C(F)(F)F. The molecular formula is C24H27F3N6O2. The van der Waals surface area contributed by atoms with Gasteiger partial charge >= 0.3 is 6.18 Å². The van der Waals surface area contributed by atoms with E-state index in [1.807, 2.05) is 4.90 Å². The molecular weight excluding hydrogens is 461 g/mol. The smallest absolute Gasteiger partial charge is 0.370 e. The Morgan fingerprint density at radius 2 is 1.94 bits per heavy atom. The van der Waals surface area contributed by atoms with Crippen molar-refractivity contribution in [1.82, 2.24) is 14.7 Å². The molecule has 2 unspecified atom stereocenters. The van der Waals surface area contributed by atoms with E-state index < -0.39 is 29.1 Å². The summed E-state index contributed by atoms with van der Waals surface area (Å²) in [6.45, 7) is 2.28. The van der Waals surface area contributed by atoms with E-state index in [9.17, 15) is 22.8 Å². The number of nitriles is 1. The van der Waals surface area contributed by atoms with E-state index in [-0.39, 0.29) is 24.3 Å². The van der Waals surface area contributed by atoms with Gasteiger partial charge in [0.05, 0.1) is 23.1 Å². The number of hydrogen-bond donors (Lipinski definition) is 1. The van der Waals surface area contributed by atoms with Gasteiger partial charge in [0, 0.05) is 57.2 Å². The molecule has 1 aromatic carbocycles. The molecule has 0 bridgehead atoms. The van der Waals surface area contributed by atoms with Gasteiger partial charge in [0.1, 0.15) is 0 Å². The molecule has 2 aromatic rings. The minimum Gasteiger partial charge on any atom is -0.370 e. The Labute approximate surface area is 201 Å². The lowest BCUT2D eigenvalue weighted by Crippen LogP contribution is -2.42. The number of likely N-dealkylation sites (tertiary alicyclic amines) is 1. The van der Waals surface area contributed by atoms with Crippen molar-refractivity contribution in [2.24, 2.45) is 23.5 Å². The molecule has 2 atom stereocenters. The van der Waals surface area contributed by atoms with Crippen molar-refractivity contribution in [2.75, 3.05) is 31.1 Å². The van der Waals surface area contributed by atoms with Gasteiger partial charge in [-0.05, 0) is 48.9 Å². The van der Waals surface area contributed by atoms with Crippen LogP contribution in [0.5, 0.6) is 0 Å². The van der Waals surface area contributed by atoms with Gasteiger partial charge < -0.3 is 15.5 Å². The molecule has 2 aliphatic rings. The third-order valence-corrected chi connectivity index (χ3v) is 7.14. The molecule has 3 heterocycles. The number of alkyl halides is 3. The predicted octanol–water partition coefficient (Wildman–Crippen LogP) is 2.64. The summed E-state index contributed by atoms with van der Waals surface area (Å²) in [6, 6.07) is 7.01. The largest absolute Gasteiger partial charge is 0.417 e. The maximum Gasteiger partial charge on any atom is 0.417 e. The van der Waals surface area contributed by atoms with Crippen molar-refractivity contribution in [3.8, 4) is 6.07 Å². The number of benzene rings is 1. The van der Waals surface area contributed by atoms with E-state index in [4.69, 9.17) is 11.0 Å². The van der Waals surface area contributed by atoms with Crippen molar-refractivity contribution in [3.05, 3.63) is 47.8 Å². The van der Waals surface area contributed by atoms with Crippen molar-refractivity contribution in [1.29, 1.82) is 5.26 Å². The molecule has 1 aromatic heterocycles. The minimum absolute atomic E-state index is 0.0516. The number of carbonyl (C=O) groups is 2. The van der Waals surface area contributed by atoms with Crippen LogP contribution in [-0.2, 0) is 22.3 Å². The van der Waals surface area contributed by atoms with E-state index >= 15 is 0 Å². The number of aryl methyl sites for hydroxylation is 1. The van der Waals surface area contributed by atoms with Gasteiger partial charge in [0.2, 0.25) is 11.8 Å². The van der Waals surface area contributed by atoms with Crippen LogP contribution in [0, 0.1) is 29.1 Å². The zero-order chi connectivity index (χ0) is 25.2. The maximum absolute atomic E-state index is 13.4. The number of amides is 2. The second kappa shape index (κ2) is 9.98. The van der Waals surface area contributed by atoms with E-state index in [2.05, 4.69) is 5.10 Å². The molecule has 0 saturated carbocycles. The highest BCUT2D eigenvalue weighted by Crippen LogP contribution is 2.40. The summed E-state index contributed by atoms with van der Waals surface area (Å²) in [5, 5.41) is 13.2. The normalized spacial score (nSPS) is 21.2. The molecule has 0 aliphatic carbocycles. The Hall–Kier alpha value is -3.55. The summed E-state index contributed by atoms with van der Waals surface area (Å²) in [5.74, 6) is -0.894. The Balaban J connectivity index is 1.41. The number of rotatable bonds is 6. The Morgan fingerprint density at radius 3 is 2.54 bits per heavy atom. The Morgan fingerprint density at radius 1 is 1.20 bits per heavy atom. The molecule has 35 heavy (non-hydrogen) atoms. The van der Waals surface area contributed by atoms with Crippen molar-refractivity contribution in [2.45, 2.75) is 32.0 Å². The first-order valence-electron chi connectivity index (χ1n) is 11.6. The molecule has 2 N–H and O–H groups in total. The predicted molar refractivity (Wildman–Crippen MR) is 121 cm³/mol. The van der Waals surface area contributed by atoms with Gasteiger partial charge in [-0.3, -0.25) is 14.3 Å². The summed E-state index contributed by atoms with van der Waals surface area (Å²) in [6.07, 6.45) is 0.584. The Bertz CT molecular complexity index is 1100. The molecule has 2 amide bonds. The maximum atomic E-state index is 13.4. The zero-order valence-electron chi connectivity index (χ0n) is 19.1. The number of halogens is 3. The second-order valence-corrected chi connectivity index (χ2v) is 9.15. The number of carbonyl (C=O) groups excluding carboxylic acids is 2. The van der Waals surface area contributed by atoms with Crippen LogP contribution in [0.4, 0.5) is 18.9 Å². The van der Waals surface area contributed by atoms with Crippen LogP contribution in [0.1, 0.15) is 30.4 Å². The summed E-state index contributed by atoms with van der Waals surface area (Å²) in [7, 11) is 0. The van der Waals surface area contributed by atoms with Crippen LogP contribution >= 0.6 is 0 Å². The van der Waals surface area contributed by atoms with Crippen LogP contribution in [0.3, 0.4) is 0 Å². The summed E-state index contributed by atoms with van der Waals surface area (Å²) < 4.78 is 42.0. The average Bonchev–Trinajstić information content (AvgIpc) is 3.52. The zero-order valence-corrected chi connectivity index (χ0v) is 19.1. The molecule has 0 spiro atoms. The highest BCUT2D eigenvalue weighted by molar-refractivity contribution is 5.79.